The predicted octanol–water partition coefficient (Wildman–Crippen LogP) is 4.54. The third-order valence-corrected chi connectivity index (χ3v) is 5.44. The van der Waals surface area contributed by atoms with Crippen molar-refractivity contribution in [3.63, 3.8) is 0 Å². The van der Waals surface area contributed by atoms with Crippen molar-refractivity contribution in [1.82, 2.24) is 16.0 Å². The molecule has 25 heavy (non-hydrogen) atoms. The van der Waals surface area contributed by atoms with E-state index in [0.29, 0.717) is 17.9 Å². The van der Waals surface area contributed by atoms with E-state index in [1.54, 1.807) is 0 Å². The van der Waals surface area contributed by atoms with Crippen LogP contribution >= 0.6 is 0 Å². The van der Waals surface area contributed by atoms with Gasteiger partial charge in [0.1, 0.15) is 0 Å². The van der Waals surface area contributed by atoms with Crippen molar-refractivity contribution in [2.24, 2.45) is 5.92 Å². The summed E-state index contributed by atoms with van der Waals surface area (Å²) in [5.41, 5.74) is 14.9. The van der Waals surface area contributed by atoms with Crippen LogP contribution in [0.5, 0.6) is 0 Å². The molecule has 130 valence electrons. The van der Waals surface area contributed by atoms with Crippen molar-refractivity contribution in [3.05, 3.63) is 70.8 Å². The Bertz CT molecular complexity index is 820. The molecule has 4 rings (SSSR count). The van der Waals surface area contributed by atoms with Crippen LogP contribution in [-0.4, -0.2) is 11.1 Å². The SMILES string of the molecule is CC(C)C1Cc2ccccc2C2=C(NNN2C(C)C)c2ccccc21. The van der Waals surface area contributed by atoms with Crippen molar-refractivity contribution in [1.29, 1.82) is 0 Å². The zero-order chi connectivity index (χ0) is 17.6. The summed E-state index contributed by atoms with van der Waals surface area (Å²) in [6.07, 6.45) is 1.08. The number of fused-ring (bicyclic) bond motifs is 4. The van der Waals surface area contributed by atoms with E-state index in [1.807, 2.05) is 0 Å². The molecule has 2 aromatic carbocycles. The molecule has 1 aliphatic carbocycles. The van der Waals surface area contributed by atoms with Gasteiger partial charge in [-0.15, -0.1) is 5.53 Å². The Labute approximate surface area is 150 Å². The molecule has 3 heteroatoms. The maximum Gasteiger partial charge on any atom is 0.0867 e. The van der Waals surface area contributed by atoms with E-state index in [1.165, 1.54) is 33.6 Å². The van der Waals surface area contributed by atoms with E-state index in [0.717, 1.165) is 6.42 Å². The number of nitrogens with zero attached hydrogens (tertiary/aromatic N) is 1. The number of hydrogen-bond donors (Lipinski definition) is 2. The second-order valence-electron chi connectivity index (χ2n) is 7.72. The Balaban J connectivity index is 2.02. The zero-order valence-corrected chi connectivity index (χ0v) is 15.5. The van der Waals surface area contributed by atoms with Crippen LogP contribution in [-0.2, 0) is 6.42 Å². The minimum Gasteiger partial charge on any atom is -0.301 e. The maximum atomic E-state index is 3.47. The van der Waals surface area contributed by atoms with Crippen LogP contribution in [0.2, 0.25) is 0 Å². The van der Waals surface area contributed by atoms with Gasteiger partial charge in [0.15, 0.2) is 0 Å². The van der Waals surface area contributed by atoms with Crippen molar-refractivity contribution < 1.29 is 0 Å². The van der Waals surface area contributed by atoms with Gasteiger partial charge in [-0.3, -0.25) is 5.01 Å². The summed E-state index contributed by atoms with van der Waals surface area (Å²) in [5, 5.41) is 2.25. The molecular weight excluding hydrogens is 306 g/mol. The first-order valence-corrected chi connectivity index (χ1v) is 9.30. The Morgan fingerprint density at radius 2 is 1.60 bits per heavy atom. The standard InChI is InChI=1S/C22H27N3/c1-14(2)20-13-16-9-5-6-10-17(16)22-21(23-24-25(22)15(3)4)19-12-8-7-11-18(19)20/h5-12,14-15,20,23-24H,13H2,1-4H3. The average Bonchev–Trinajstić information content (AvgIpc) is 3.03. The molecule has 1 atom stereocenters. The average molecular weight is 333 g/mol. The first-order chi connectivity index (χ1) is 12.1. The predicted molar refractivity (Wildman–Crippen MR) is 104 cm³/mol. The van der Waals surface area contributed by atoms with Crippen molar-refractivity contribution in [2.75, 3.05) is 0 Å². The van der Waals surface area contributed by atoms with E-state index in [4.69, 9.17) is 0 Å². The van der Waals surface area contributed by atoms with E-state index < -0.39 is 0 Å². The first kappa shape index (κ1) is 16.2. The second-order valence-corrected chi connectivity index (χ2v) is 7.72. The van der Waals surface area contributed by atoms with Gasteiger partial charge in [0, 0.05) is 17.2 Å². The number of hydrazine groups is 2. The van der Waals surface area contributed by atoms with Crippen LogP contribution in [0.15, 0.2) is 48.5 Å². The smallest absolute Gasteiger partial charge is 0.0867 e. The highest BCUT2D eigenvalue weighted by atomic mass is 15.7. The third-order valence-electron chi connectivity index (χ3n) is 5.44. The van der Waals surface area contributed by atoms with Gasteiger partial charge >= 0.3 is 0 Å². The third kappa shape index (κ3) is 2.63. The summed E-state index contributed by atoms with van der Waals surface area (Å²) < 4.78 is 0. The normalized spacial score (nSPS) is 19.3. The van der Waals surface area contributed by atoms with Gasteiger partial charge in [-0.2, -0.15) is 0 Å². The number of rotatable bonds is 2. The van der Waals surface area contributed by atoms with Crippen LogP contribution in [0.4, 0.5) is 0 Å². The van der Waals surface area contributed by atoms with Crippen molar-refractivity contribution in [2.45, 2.75) is 46.1 Å². The molecule has 0 spiro atoms. The Hall–Kier alpha value is -2.26. The highest BCUT2D eigenvalue weighted by molar-refractivity contribution is 5.92. The lowest BCUT2D eigenvalue weighted by Crippen LogP contribution is -2.41. The molecule has 1 heterocycles. The van der Waals surface area contributed by atoms with Gasteiger partial charge < -0.3 is 5.43 Å². The Morgan fingerprint density at radius 1 is 0.920 bits per heavy atom. The number of benzene rings is 2. The summed E-state index contributed by atoms with van der Waals surface area (Å²) in [4.78, 5) is 0. The van der Waals surface area contributed by atoms with Gasteiger partial charge in [-0.05, 0) is 43.2 Å². The van der Waals surface area contributed by atoms with Crippen molar-refractivity contribution in [3.8, 4) is 0 Å². The van der Waals surface area contributed by atoms with Gasteiger partial charge in [-0.1, -0.05) is 62.4 Å². The fourth-order valence-electron chi connectivity index (χ4n) is 4.12. The lowest BCUT2D eigenvalue weighted by Gasteiger charge is -2.30. The number of nitrogens with one attached hydrogen (secondary N) is 2. The summed E-state index contributed by atoms with van der Waals surface area (Å²) in [6.45, 7) is 9.10. The molecule has 0 radical (unpaired) electrons. The lowest BCUT2D eigenvalue weighted by molar-refractivity contribution is 0.237. The molecule has 0 fully saturated rings. The largest absolute Gasteiger partial charge is 0.301 e. The van der Waals surface area contributed by atoms with Gasteiger partial charge in [0.25, 0.3) is 0 Å². The minimum absolute atomic E-state index is 0.362. The molecule has 2 aliphatic rings. The van der Waals surface area contributed by atoms with Gasteiger partial charge in [0.2, 0.25) is 0 Å². The van der Waals surface area contributed by atoms with Crippen molar-refractivity contribution >= 4 is 11.4 Å². The molecule has 0 saturated carbocycles. The second kappa shape index (κ2) is 6.23. The van der Waals surface area contributed by atoms with Crippen LogP contribution < -0.4 is 11.0 Å². The topological polar surface area (TPSA) is 27.3 Å². The monoisotopic (exact) mass is 333 g/mol. The summed E-state index contributed by atoms with van der Waals surface area (Å²) in [6, 6.07) is 18.1. The van der Waals surface area contributed by atoms with E-state index in [9.17, 15) is 0 Å². The van der Waals surface area contributed by atoms with Crippen LogP contribution in [0.25, 0.3) is 11.4 Å². The molecule has 0 aromatic heterocycles. The zero-order valence-electron chi connectivity index (χ0n) is 15.5. The van der Waals surface area contributed by atoms with Gasteiger partial charge in [-0.25, -0.2) is 0 Å². The fourth-order valence-corrected chi connectivity index (χ4v) is 4.12. The van der Waals surface area contributed by atoms with E-state index >= 15 is 0 Å². The lowest BCUT2D eigenvalue weighted by atomic mass is 9.77. The molecule has 3 nitrogen and oxygen atoms in total. The van der Waals surface area contributed by atoms with Crippen LogP contribution in [0.1, 0.15) is 55.9 Å². The van der Waals surface area contributed by atoms with Gasteiger partial charge in [0.05, 0.1) is 11.4 Å². The summed E-state index contributed by atoms with van der Waals surface area (Å²) in [7, 11) is 0. The molecule has 0 bridgehead atoms. The molecule has 2 N–H and O–H groups in total. The number of hydrogen-bond acceptors (Lipinski definition) is 3. The first-order valence-electron chi connectivity index (χ1n) is 9.30. The highest BCUT2D eigenvalue weighted by Gasteiger charge is 2.33. The van der Waals surface area contributed by atoms with E-state index in [-0.39, 0.29) is 0 Å². The Kier molecular flexibility index (Phi) is 4.04. The molecule has 0 saturated heterocycles. The summed E-state index contributed by atoms with van der Waals surface area (Å²) >= 11 is 0. The molecule has 0 amide bonds. The van der Waals surface area contributed by atoms with Crippen LogP contribution in [0, 0.1) is 5.92 Å². The molecule has 1 unspecified atom stereocenters. The van der Waals surface area contributed by atoms with E-state index in [2.05, 4.69) is 92.2 Å². The fraction of sp³-hybridized carbons (Fsp3) is 0.364. The maximum absolute atomic E-state index is 3.47. The highest BCUT2D eigenvalue weighted by Crippen LogP contribution is 2.42. The Morgan fingerprint density at radius 3 is 2.32 bits per heavy atom. The molecule has 2 aromatic rings. The molecule has 1 aliphatic heterocycles. The van der Waals surface area contributed by atoms with Crippen LogP contribution in [0.3, 0.4) is 0 Å². The minimum atomic E-state index is 0.362. The quantitative estimate of drug-likeness (QED) is 0.845. The molecular formula is C22H27N3. The summed E-state index contributed by atoms with van der Waals surface area (Å²) in [5.74, 6) is 1.10.